The Bertz CT molecular complexity index is 437. The molecule has 0 aliphatic heterocycles. The maximum absolute atomic E-state index is 11.5. The zero-order valence-corrected chi connectivity index (χ0v) is 11.8. The molecule has 112 valence electrons. The molecule has 0 aromatic heterocycles. The lowest BCUT2D eigenvalue weighted by atomic mass is 9.84. The maximum Gasteiger partial charge on any atom is 0.344 e. The molecule has 6 nitrogen and oxygen atoms in total. The molecule has 6 heteroatoms. The fraction of sp³-hybridized carbons (Fsp3) is 0.571. The van der Waals surface area contributed by atoms with Crippen molar-refractivity contribution < 1.29 is 29.6 Å². The van der Waals surface area contributed by atoms with Gasteiger partial charge in [-0.25, -0.2) is 14.6 Å². The van der Waals surface area contributed by atoms with Crippen molar-refractivity contribution in [1.82, 2.24) is 0 Å². The Kier molecular flexibility index (Phi) is 5.08. The summed E-state index contributed by atoms with van der Waals surface area (Å²) in [6.07, 6.45) is 6.85. The average molecular weight is 284 g/mol. The van der Waals surface area contributed by atoms with Crippen molar-refractivity contribution in [3.05, 3.63) is 24.3 Å². The molecule has 1 rings (SSSR count). The van der Waals surface area contributed by atoms with Crippen LogP contribution in [0.1, 0.15) is 33.6 Å². The van der Waals surface area contributed by atoms with Crippen molar-refractivity contribution >= 4 is 11.9 Å². The number of carbonyl (C=O) groups is 2. The Balaban J connectivity index is 2.98. The van der Waals surface area contributed by atoms with Crippen LogP contribution in [0.4, 0.5) is 0 Å². The van der Waals surface area contributed by atoms with Crippen LogP contribution in [-0.2, 0) is 19.4 Å². The molecule has 0 aromatic carbocycles. The number of hydrogen-bond acceptors (Lipinski definition) is 4. The van der Waals surface area contributed by atoms with Gasteiger partial charge in [-0.3, -0.25) is 4.79 Å². The molecule has 1 aliphatic carbocycles. The average Bonchev–Trinajstić information content (AvgIpc) is 2.36. The summed E-state index contributed by atoms with van der Waals surface area (Å²) in [5.74, 6) is -4.04. The Hall–Kier alpha value is -1.66. The van der Waals surface area contributed by atoms with Gasteiger partial charge < -0.3 is 10.2 Å². The number of carboxylic acid groups (broad SMARTS) is 2. The van der Waals surface area contributed by atoms with Gasteiger partial charge in [-0.1, -0.05) is 31.6 Å². The summed E-state index contributed by atoms with van der Waals surface area (Å²) in [7, 11) is 0. The SMILES string of the molecule is CCCC(C)(C)OOC1(C(=O)O)C=CC=CC1C(=O)O. The quantitative estimate of drug-likeness (QED) is 0.549. The van der Waals surface area contributed by atoms with Crippen molar-refractivity contribution in [2.45, 2.75) is 44.8 Å². The third-order valence-electron chi connectivity index (χ3n) is 3.08. The summed E-state index contributed by atoms with van der Waals surface area (Å²) in [4.78, 5) is 33.1. The normalized spacial score (nSPS) is 25.6. The predicted molar refractivity (Wildman–Crippen MR) is 70.9 cm³/mol. The van der Waals surface area contributed by atoms with Gasteiger partial charge in [0.1, 0.15) is 5.92 Å². The Morgan fingerprint density at radius 2 is 1.95 bits per heavy atom. The monoisotopic (exact) mass is 284 g/mol. The van der Waals surface area contributed by atoms with Crippen molar-refractivity contribution in [1.29, 1.82) is 0 Å². The van der Waals surface area contributed by atoms with E-state index in [0.717, 1.165) is 6.42 Å². The molecule has 0 amide bonds. The van der Waals surface area contributed by atoms with Gasteiger partial charge in [-0.05, 0) is 26.3 Å². The largest absolute Gasteiger partial charge is 0.481 e. The fourth-order valence-electron chi connectivity index (χ4n) is 2.03. The molecule has 0 bridgehead atoms. The van der Waals surface area contributed by atoms with Crippen LogP contribution in [0, 0.1) is 5.92 Å². The molecule has 0 heterocycles. The third-order valence-corrected chi connectivity index (χ3v) is 3.08. The summed E-state index contributed by atoms with van der Waals surface area (Å²) in [6, 6.07) is 0. The van der Waals surface area contributed by atoms with Gasteiger partial charge in [0.25, 0.3) is 0 Å². The molecular formula is C14H20O6. The zero-order valence-electron chi connectivity index (χ0n) is 11.8. The summed E-state index contributed by atoms with van der Waals surface area (Å²) in [5.41, 5.74) is -2.75. The highest BCUT2D eigenvalue weighted by molar-refractivity contribution is 5.89. The number of carboxylic acids is 2. The molecule has 2 N–H and O–H groups in total. The maximum atomic E-state index is 11.5. The summed E-state index contributed by atoms with van der Waals surface area (Å²) in [6.45, 7) is 5.47. The van der Waals surface area contributed by atoms with E-state index in [9.17, 15) is 19.8 Å². The number of aliphatic carboxylic acids is 2. The minimum Gasteiger partial charge on any atom is -0.481 e. The van der Waals surface area contributed by atoms with Crippen LogP contribution in [0.3, 0.4) is 0 Å². The fourth-order valence-corrected chi connectivity index (χ4v) is 2.03. The standard InChI is InChI=1S/C14H20O6/c1-4-8-13(2,3)19-20-14(12(17)18)9-6-5-7-10(14)11(15)16/h5-7,9-10H,4,8H2,1-3H3,(H,15,16)(H,17,18). The van der Waals surface area contributed by atoms with Crippen LogP contribution in [0.25, 0.3) is 0 Å². The van der Waals surface area contributed by atoms with Crippen molar-refractivity contribution in [3.63, 3.8) is 0 Å². The second kappa shape index (κ2) is 6.19. The first-order chi connectivity index (χ1) is 9.25. The van der Waals surface area contributed by atoms with E-state index in [4.69, 9.17) is 9.78 Å². The topological polar surface area (TPSA) is 93.1 Å². The first kappa shape index (κ1) is 16.4. The van der Waals surface area contributed by atoms with Gasteiger partial charge >= 0.3 is 11.9 Å². The summed E-state index contributed by atoms with van der Waals surface area (Å²) >= 11 is 0. The zero-order chi connectivity index (χ0) is 15.4. The van der Waals surface area contributed by atoms with Crippen LogP contribution in [0.2, 0.25) is 0 Å². The molecule has 0 radical (unpaired) electrons. The van der Waals surface area contributed by atoms with Gasteiger partial charge in [0.05, 0.1) is 5.60 Å². The first-order valence-corrected chi connectivity index (χ1v) is 6.44. The van der Waals surface area contributed by atoms with E-state index in [1.807, 2.05) is 6.92 Å². The van der Waals surface area contributed by atoms with Gasteiger partial charge in [0, 0.05) is 0 Å². The Morgan fingerprint density at radius 3 is 2.45 bits per heavy atom. The minimum absolute atomic E-state index is 0.653. The van der Waals surface area contributed by atoms with Gasteiger partial charge in [-0.2, -0.15) is 0 Å². The minimum atomic E-state index is -2.05. The number of rotatable bonds is 7. The van der Waals surface area contributed by atoms with E-state index in [1.54, 1.807) is 13.8 Å². The molecule has 1 aliphatic rings. The lowest BCUT2D eigenvalue weighted by Gasteiger charge is -2.34. The Morgan fingerprint density at radius 1 is 1.30 bits per heavy atom. The van der Waals surface area contributed by atoms with Crippen molar-refractivity contribution in [2.75, 3.05) is 0 Å². The smallest absolute Gasteiger partial charge is 0.344 e. The first-order valence-electron chi connectivity index (χ1n) is 6.44. The van der Waals surface area contributed by atoms with E-state index in [2.05, 4.69) is 0 Å². The van der Waals surface area contributed by atoms with Crippen molar-refractivity contribution in [2.24, 2.45) is 5.92 Å². The van der Waals surface area contributed by atoms with Crippen LogP contribution >= 0.6 is 0 Å². The van der Waals surface area contributed by atoms with E-state index in [1.165, 1.54) is 24.3 Å². The van der Waals surface area contributed by atoms with E-state index < -0.39 is 29.1 Å². The predicted octanol–water partition coefficient (Wildman–Crippen LogP) is 2.16. The molecule has 2 unspecified atom stereocenters. The molecule has 0 saturated heterocycles. The number of allylic oxidation sites excluding steroid dienone is 2. The molecule has 20 heavy (non-hydrogen) atoms. The lowest BCUT2D eigenvalue weighted by molar-refractivity contribution is -0.396. The molecule has 0 aromatic rings. The van der Waals surface area contributed by atoms with Gasteiger partial charge in [0.2, 0.25) is 5.60 Å². The highest BCUT2D eigenvalue weighted by atomic mass is 17.2. The second-order valence-corrected chi connectivity index (χ2v) is 5.33. The van der Waals surface area contributed by atoms with Crippen LogP contribution in [0.15, 0.2) is 24.3 Å². The third kappa shape index (κ3) is 3.46. The Labute approximate surface area is 117 Å². The van der Waals surface area contributed by atoms with Crippen LogP contribution in [0.5, 0.6) is 0 Å². The van der Waals surface area contributed by atoms with Gasteiger partial charge in [0.15, 0.2) is 0 Å². The van der Waals surface area contributed by atoms with E-state index in [0.29, 0.717) is 6.42 Å². The highest BCUT2D eigenvalue weighted by Crippen LogP contribution is 2.32. The highest BCUT2D eigenvalue weighted by Gasteiger charge is 2.51. The lowest BCUT2D eigenvalue weighted by Crippen LogP contribution is -2.51. The van der Waals surface area contributed by atoms with Crippen LogP contribution in [-0.4, -0.2) is 33.4 Å². The van der Waals surface area contributed by atoms with Crippen LogP contribution < -0.4 is 0 Å². The van der Waals surface area contributed by atoms with E-state index in [-0.39, 0.29) is 0 Å². The van der Waals surface area contributed by atoms with Gasteiger partial charge in [-0.15, -0.1) is 0 Å². The molecule has 2 atom stereocenters. The molecular weight excluding hydrogens is 264 g/mol. The van der Waals surface area contributed by atoms with E-state index >= 15 is 0 Å². The number of hydrogen-bond donors (Lipinski definition) is 2. The molecule has 0 spiro atoms. The van der Waals surface area contributed by atoms with Crippen molar-refractivity contribution in [3.8, 4) is 0 Å². The molecule has 0 fully saturated rings. The second-order valence-electron chi connectivity index (χ2n) is 5.33. The molecule has 0 saturated carbocycles. The summed E-state index contributed by atoms with van der Waals surface area (Å²) < 4.78 is 0. The summed E-state index contributed by atoms with van der Waals surface area (Å²) in [5, 5.41) is 18.6.